The Balaban J connectivity index is 4.72. The molecule has 4 heteroatoms. The van der Waals surface area contributed by atoms with E-state index in [1.165, 1.54) is 0 Å². The van der Waals surface area contributed by atoms with Gasteiger partial charge in [-0.05, 0) is 13.3 Å². The van der Waals surface area contributed by atoms with Gasteiger partial charge < -0.3 is 9.64 Å². The molecule has 0 aliphatic heterocycles. The summed E-state index contributed by atoms with van der Waals surface area (Å²) in [5.74, 6) is -0.158. The number of hydrogen-bond acceptors (Lipinski definition) is 3. The zero-order chi connectivity index (χ0) is 12.6. The van der Waals surface area contributed by atoms with Gasteiger partial charge in [0.2, 0.25) is 5.91 Å². The van der Waals surface area contributed by atoms with Gasteiger partial charge in [0, 0.05) is 20.2 Å². The van der Waals surface area contributed by atoms with E-state index in [1.807, 2.05) is 6.92 Å². The molecule has 1 atom stereocenters. The van der Waals surface area contributed by atoms with Gasteiger partial charge in [0.1, 0.15) is 5.41 Å². The summed E-state index contributed by atoms with van der Waals surface area (Å²) in [5.41, 5.74) is -0.948. The monoisotopic (exact) mass is 224 g/mol. The van der Waals surface area contributed by atoms with E-state index in [-0.39, 0.29) is 5.91 Å². The molecule has 16 heavy (non-hydrogen) atoms. The molecule has 0 heterocycles. The molecule has 0 rings (SSSR count). The lowest BCUT2D eigenvalue weighted by atomic mass is 9.87. The van der Waals surface area contributed by atoms with Crippen LogP contribution < -0.4 is 0 Å². The van der Waals surface area contributed by atoms with Crippen molar-refractivity contribution < 1.29 is 9.53 Å². The summed E-state index contributed by atoms with van der Waals surface area (Å²) in [7, 11) is 1.58. The number of nitriles is 1. The molecule has 0 saturated carbocycles. The van der Waals surface area contributed by atoms with E-state index in [1.54, 1.807) is 25.0 Å². The maximum absolute atomic E-state index is 12.1. The predicted molar refractivity (Wildman–Crippen MR) is 62.7 cm³/mol. The number of methoxy groups -OCH3 is 1. The molecule has 0 bridgehead atoms. The van der Waals surface area contributed by atoms with Crippen LogP contribution in [-0.2, 0) is 9.53 Å². The molecule has 0 spiro atoms. The third kappa shape index (κ3) is 3.67. The van der Waals surface area contributed by atoms with Gasteiger partial charge in [-0.25, -0.2) is 0 Å². The summed E-state index contributed by atoms with van der Waals surface area (Å²) >= 11 is 0. The number of nitrogens with zero attached hydrogens (tertiary/aromatic N) is 2. The molecule has 0 aromatic heterocycles. The minimum Gasteiger partial charge on any atom is -0.383 e. The van der Waals surface area contributed by atoms with Crippen molar-refractivity contribution in [1.82, 2.24) is 4.90 Å². The van der Waals surface area contributed by atoms with E-state index < -0.39 is 5.41 Å². The lowest BCUT2D eigenvalue weighted by molar-refractivity contribution is -0.138. The summed E-state index contributed by atoms with van der Waals surface area (Å²) < 4.78 is 4.94. The van der Waals surface area contributed by atoms with Gasteiger partial charge in [0.05, 0.1) is 12.7 Å². The number of hydrogen-bond donors (Lipinski definition) is 0. The molecule has 1 unspecified atom stereocenters. The lowest BCUT2D eigenvalue weighted by Gasteiger charge is -2.28. The Kier molecular flexibility index (Phi) is 6.43. The van der Waals surface area contributed by atoms with Gasteiger partial charge in [-0.2, -0.15) is 5.26 Å². The van der Waals surface area contributed by atoms with Crippen LogP contribution >= 0.6 is 0 Å². The van der Waals surface area contributed by atoms with E-state index >= 15 is 0 Å². The highest BCUT2D eigenvalue weighted by atomic mass is 16.5. The fraction of sp³-hybridized carbons (Fsp3) is 0.667. The average molecular weight is 224 g/mol. The van der Waals surface area contributed by atoms with Gasteiger partial charge in [-0.3, -0.25) is 4.79 Å². The van der Waals surface area contributed by atoms with Crippen LogP contribution in [0, 0.1) is 16.7 Å². The van der Waals surface area contributed by atoms with E-state index in [0.29, 0.717) is 26.1 Å². The first kappa shape index (κ1) is 14.7. The van der Waals surface area contributed by atoms with Crippen LogP contribution in [0.4, 0.5) is 0 Å². The van der Waals surface area contributed by atoms with Gasteiger partial charge in [-0.1, -0.05) is 13.0 Å². The summed E-state index contributed by atoms with van der Waals surface area (Å²) in [6, 6.07) is 2.08. The van der Waals surface area contributed by atoms with Crippen molar-refractivity contribution in [3.8, 4) is 6.07 Å². The number of carbonyl (C=O) groups excluding carboxylic acids is 1. The topological polar surface area (TPSA) is 53.3 Å². The third-order valence-corrected chi connectivity index (χ3v) is 2.63. The highest BCUT2D eigenvalue weighted by molar-refractivity contribution is 5.85. The van der Waals surface area contributed by atoms with Crippen LogP contribution in [0.25, 0.3) is 0 Å². The molecule has 4 nitrogen and oxygen atoms in total. The molecule has 0 aromatic carbocycles. The van der Waals surface area contributed by atoms with Crippen molar-refractivity contribution in [3.63, 3.8) is 0 Å². The Morgan fingerprint density at radius 1 is 1.69 bits per heavy atom. The zero-order valence-corrected chi connectivity index (χ0v) is 10.3. The van der Waals surface area contributed by atoms with Crippen LogP contribution in [0.15, 0.2) is 12.7 Å². The summed E-state index contributed by atoms with van der Waals surface area (Å²) in [5, 5.41) is 9.04. The van der Waals surface area contributed by atoms with Crippen molar-refractivity contribution in [2.45, 2.75) is 20.3 Å². The fourth-order valence-electron chi connectivity index (χ4n) is 1.26. The largest absolute Gasteiger partial charge is 0.383 e. The highest BCUT2D eigenvalue weighted by Gasteiger charge is 2.34. The summed E-state index contributed by atoms with van der Waals surface area (Å²) in [6.45, 7) is 8.50. The van der Waals surface area contributed by atoms with Crippen molar-refractivity contribution in [2.24, 2.45) is 5.41 Å². The van der Waals surface area contributed by atoms with Crippen LogP contribution in [0.2, 0.25) is 0 Å². The molecule has 0 aliphatic rings. The maximum atomic E-state index is 12.1. The Morgan fingerprint density at radius 3 is 2.69 bits per heavy atom. The Labute approximate surface area is 97.5 Å². The third-order valence-electron chi connectivity index (χ3n) is 2.63. The Morgan fingerprint density at radius 2 is 2.31 bits per heavy atom. The number of amides is 1. The second-order valence-electron chi connectivity index (χ2n) is 3.83. The normalized spacial score (nSPS) is 13.6. The van der Waals surface area contributed by atoms with Crippen LogP contribution in [-0.4, -0.2) is 37.6 Å². The predicted octanol–water partition coefficient (Wildman–Crippen LogP) is 1.59. The molecule has 0 saturated heterocycles. The molecule has 0 fully saturated rings. The second kappa shape index (κ2) is 7.02. The van der Waals surface area contributed by atoms with Gasteiger partial charge in [-0.15, -0.1) is 6.58 Å². The highest BCUT2D eigenvalue weighted by Crippen LogP contribution is 2.22. The first-order chi connectivity index (χ1) is 7.55. The van der Waals surface area contributed by atoms with Crippen molar-refractivity contribution in [3.05, 3.63) is 12.7 Å². The summed E-state index contributed by atoms with van der Waals surface area (Å²) in [4.78, 5) is 13.7. The minimum atomic E-state index is -0.948. The first-order valence-corrected chi connectivity index (χ1v) is 5.36. The number of rotatable bonds is 7. The Hall–Kier alpha value is -1.34. The Bertz CT molecular complexity index is 283. The maximum Gasteiger partial charge on any atom is 0.243 e. The van der Waals surface area contributed by atoms with Crippen LogP contribution in [0.3, 0.4) is 0 Å². The molecule has 90 valence electrons. The SMILES string of the molecule is C=CCN(CCOC)C(=O)C(C)(C#N)CC. The second-order valence-corrected chi connectivity index (χ2v) is 3.83. The number of ether oxygens (including phenoxy) is 1. The lowest BCUT2D eigenvalue weighted by Crippen LogP contribution is -2.43. The molecular formula is C12H20N2O2. The van der Waals surface area contributed by atoms with E-state index in [4.69, 9.17) is 10.00 Å². The van der Waals surface area contributed by atoms with E-state index in [2.05, 4.69) is 12.6 Å². The van der Waals surface area contributed by atoms with Gasteiger partial charge >= 0.3 is 0 Å². The van der Waals surface area contributed by atoms with Crippen LogP contribution in [0.1, 0.15) is 20.3 Å². The molecule has 0 aromatic rings. The zero-order valence-electron chi connectivity index (χ0n) is 10.3. The minimum absolute atomic E-state index is 0.158. The fourth-order valence-corrected chi connectivity index (χ4v) is 1.26. The molecule has 0 aliphatic carbocycles. The van der Waals surface area contributed by atoms with Crippen molar-refractivity contribution in [2.75, 3.05) is 26.8 Å². The smallest absolute Gasteiger partial charge is 0.243 e. The molecule has 0 radical (unpaired) electrons. The quantitative estimate of drug-likeness (QED) is 0.617. The number of carbonyl (C=O) groups is 1. The molecular weight excluding hydrogens is 204 g/mol. The van der Waals surface area contributed by atoms with Gasteiger partial charge in [0.15, 0.2) is 0 Å². The van der Waals surface area contributed by atoms with Crippen LogP contribution in [0.5, 0.6) is 0 Å². The van der Waals surface area contributed by atoms with E-state index in [0.717, 1.165) is 0 Å². The molecule has 1 amide bonds. The van der Waals surface area contributed by atoms with Gasteiger partial charge in [0.25, 0.3) is 0 Å². The first-order valence-electron chi connectivity index (χ1n) is 5.36. The van der Waals surface area contributed by atoms with E-state index in [9.17, 15) is 4.79 Å². The standard InChI is InChI=1S/C12H20N2O2/c1-5-7-14(8-9-16-4)11(15)12(3,6-2)10-13/h5H,1,6-9H2,2-4H3. The molecule has 0 N–H and O–H groups in total. The van der Waals surface area contributed by atoms with Crippen molar-refractivity contribution >= 4 is 5.91 Å². The summed E-state index contributed by atoms with van der Waals surface area (Å²) in [6.07, 6.45) is 2.16. The average Bonchev–Trinajstić information content (AvgIpc) is 2.32. The van der Waals surface area contributed by atoms with Crippen molar-refractivity contribution in [1.29, 1.82) is 5.26 Å².